The van der Waals surface area contributed by atoms with Gasteiger partial charge >= 0.3 is 0 Å². The smallest absolute Gasteiger partial charge is 0.247 e. The number of carbonyl (C=O) groups excluding carboxylic acids is 1. The summed E-state index contributed by atoms with van der Waals surface area (Å²) in [6.45, 7) is 12.4. The van der Waals surface area contributed by atoms with Crippen LogP contribution in [0.1, 0.15) is 33.1 Å². The summed E-state index contributed by atoms with van der Waals surface area (Å²) >= 11 is 0. The van der Waals surface area contributed by atoms with E-state index in [1.807, 2.05) is 30.5 Å². The first-order valence-corrected chi connectivity index (χ1v) is 14.3. The van der Waals surface area contributed by atoms with E-state index in [4.69, 9.17) is 0 Å². The fraction of sp³-hybridized carbons (Fsp3) is 0.516. The summed E-state index contributed by atoms with van der Waals surface area (Å²) in [5.41, 5.74) is 10.1. The van der Waals surface area contributed by atoms with Gasteiger partial charge in [0.05, 0.1) is 12.1 Å². The number of nitrogens with zero attached hydrogens (tertiary/aromatic N) is 1. The van der Waals surface area contributed by atoms with Crippen LogP contribution in [0.15, 0.2) is 84.4 Å². The Morgan fingerprint density at radius 3 is 2.89 bits per heavy atom. The molecule has 7 nitrogen and oxygen atoms in total. The highest BCUT2D eigenvalue weighted by atomic mass is 16.2. The van der Waals surface area contributed by atoms with Gasteiger partial charge in [0.2, 0.25) is 5.91 Å². The quantitative estimate of drug-likeness (QED) is 0.303. The second-order valence-corrected chi connectivity index (χ2v) is 11.6. The molecule has 0 bridgehead atoms. The number of hydrazine groups is 1. The van der Waals surface area contributed by atoms with Gasteiger partial charge in [0.25, 0.3) is 0 Å². The lowest BCUT2D eigenvalue weighted by atomic mass is 9.84. The van der Waals surface area contributed by atoms with Crippen molar-refractivity contribution in [2.75, 3.05) is 26.2 Å². The molecule has 1 aliphatic carbocycles. The summed E-state index contributed by atoms with van der Waals surface area (Å²) in [7, 11) is 0. The van der Waals surface area contributed by atoms with E-state index in [1.54, 1.807) is 0 Å². The Morgan fingerprint density at radius 2 is 2.11 bits per heavy atom. The molecule has 5 N–H and O–H groups in total. The van der Waals surface area contributed by atoms with Crippen molar-refractivity contribution in [1.29, 1.82) is 0 Å². The fourth-order valence-corrected chi connectivity index (χ4v) is 6.29. The van der Waals surface area contributed by atoms with Crippen molar-refractivity contribution in [1.82, 2.24) is 31.7 Å². The summed E-state index contributed by atoms with van der Waals surface area (Å²) in [6.07, 6.45) is 24.3. The van der Waals surface area contributed by atoms with E-state index in [0.29, 0.717) is 5.92 Å². The van der Waals surface area contributed by atoms with Crippen LogP contribution in [0.3, 0.4) is 0 Å². The Kier molecular flexibility index (Phi) is 8.55. The van der Waals surface area contributed by atoms with Crippen LogP contribution in [-0.4, -0.2) is 55.1 Å². The van der Waals surface area contributed by atoms with Crippen molar-refractivity contribution in [3.05, 3.63) is 84.4 Å². The number of allylic oxidation sites excluding steroid dienone is 6. The lowest BCUT2D eigenvalue weighted by Gasteiger charge is -2.35. The van der Waals surface area contributed by atoms with Crippen LogP contribution in [0.4, 0.5) is 0 Å². The van der Waals surface area contributed by atoms with Gasteiger partial charge in [0, 0.05) is 36.3 Å². The maximum absolute atomic E-state index is 13.4. The van der Waals surface area contributed by atoms with Gasteiger partial charge in [0.15, 0.2) is 0 Å². The lowest BCUT2D eigenvalue weighted by Crippen LogP contribution is -2.51. The van der Waals surface area contributed by atoms with E-state index in [0.717, 1.165) is 55.8 Å². The summed E-state index contributed by atoms with van der Waals surface area (Å²) < 4.78 is 0. The third-order valence-electron chi connectivity index (χ3n) is 8.64. The molecule has 1 amide bonds. The van der Waals surface area contributed by atoms with Crippen LogP contribution >= 0.6 is 0 Å². The van der Waals surface area contributed by atoms with E-state index >= 15 is 0 Å². The summed E-state index contributed by atoms with van der Waals surface area (Å²) in [5, 5.41) is 10.3. The van der Waals surface area contributed by atoms with E-state index in [2.05, 4.69) is 82.5 Å². The molecule has 0 aromatic heterocycles. The number of amides is 1. The number of nitrogens with one attached hydrogen (secondary N) is 5. The van der Waals surface area contributed by atoms with Gasteiger partial charge in [-0.25, -0.2) is 5.43 Å². The van der Waals surface area contributed by atoms with Crippen molar-refractivity contribution < 1.29 is 4.79 Å². The minimum atomic E-state index is -0.355. The molecule has 4 aliphatic heterocycles. The van der Waals surface area contributed by atoms with Crippen LogP contribution in [0.25, 0.3) is 0 Å². The van der Waals surface area contributed by atoms with Crippen LogP contribution < -0.4 is 26.8 Å². The summed E-state index contributed by atoms with van der Waals surface area (Å²) in [5.74, 6) is 2.18. The Labute approximate surface area is 227 Å². The fourth-order valence-electron chi connectivity index (χ4n) is 6.29. The minimum Gasteiger partial charge on any atom is -0.384 e. The molecule has 0 aromatic rings. The molecule has 204 valence electrons. The molecule has 2 fully saturated rings. The molecule has 38 heavy (non-hydrogen) atoms. The first kappa shape index (κ1) is 26.6. The topological polar surface area (TPSA) is 80.5 Å². The van der Waals surface area contributed by atoms with Crippen molar-refractivity contribution in [2.45, 2.75) is 51.2 Å². The predicted octanol–water partition coefficient (Wildman–Crippen LogP) is 3.03. The number of fused-ring (bicyclic) bond motifs is 1. The third kappa shape index (κ3) is 6.33. The zero-order chi connectivity index (χ0) is 26.5. The van der Waals surface area contributed by atoms with Crippen molar-refractivity contribution >= 4 is 5.91 Å². The van der Waals surface area contributed by atoms with Gasteiger partial charge in [-0.3, -0.25) is 9.69 Å². The molecular weight excluding hydrogens is 472 g/mol. The molecule has 0 spiro atoms. The van der Waals surface area contributed by atoms with Crippen LogP contribution in [0.2, 0.25) is 0 Å². The van der Waals surface area contributed by atoms with Crippen LogP contribution in [0.5, 0.6) is 0 Å². The van der Waals surface area contributed by atoms with Gasteiger partial charge in [-0.1, -0.05) is 63.0 Å². The molecule has 4 unspecified atom stereocenters. The van der Waals surface area contributed by atoms with Gasteiger partial charge in [0.1, 0.15) is 6.04 Å². The highest BCUT2D eigenvalue weighted by Crippen LogP contribution is 2.31. The molecular formula is C31H44N6O. The largest absolute Gasteiger partial charge is 0.384 e. The number of piperidine rings is 1. The Balaban J connectivity index is 1.18. The Morgan fingerprint density at radius 1 is 1.26 bits per heavy atom. The first-order valence-electron chi connectivity index (χ1n) is 14.3. The van der Waals surface area contributed by atoms with Crippen molar-refractivity contribution in [3.8, 4) is 0 Å². The van der Waals surface area contributed by atoms with Gasteiger partial charge < -0.3 is 21.4 Å². The maximum atomic E-state index is 13.4. The maximum Gasteiger partial charge on any atom is 0.247 e. The first-order chi connectivity index (χ1) is 18.5. The number of carbonyl (C=O) groups is 1. The third-order valence-corrected chi connectivity index (χ3v) is 8.64. The second kappa shape index (κ2) is 12.2. The summed E-state index contributed by atoms with van der Waals surface area (Å²) in [6, 6.07) is -0.155. The molecule has 5 rings (SSSR count). The Hall–Kier alpha value is -3.03. The van der Waals surface area contributed by atoms with E-state index in [1.165, 1.54) is 18.4 Å². The average Bonchev–Trinajstić information content (AvgIpc) is 3.57. The minimum absolute atomic E-state index is 0.0216. The normalized spacial score (nSPS) is 31.2. The number of rotatable bonds is 9. The number of dihydropyridines is 1. The molecule has 2 saturated heterocycles. The monoisotopic (exact) mass is 516 g/mol. The van der Waals surface area contributed by atoms with E-state index < -0.39 is 0 Å². The van der Waals surface area contributed by atoms with Gasteiger partial charge in [-0.2, -0.15) is 0 Å². The molecule has 0 aromatic carbocycles. The van der Waals surface area contributed by atoms with Crippen LogP contribution in [0, 0.1) is 23.7 Å². The highest BCUT2D eigenvalue weighted by molar-refractivity contribution is 5.85. The highest BCUT2D eigenvalue weighted by Gasteiger charge is 2.34. The van der Waals surface area contributed by atoms with E-state index in [9.17, 15) is 4.79 Å². The van der Waals surface area contributed by atoms with E-state index in [-0.39, 0.29) is 30.0 Å². The SMILES string of the molecule is C=C/C=C\C1NC=CC1CC1=CC(NC(=O)[C@H]2C=CC=C(CN3CCC(C(C)C)CC3)N2)C2CNNC2=C1. The van der Waals surface area contributed by atoms with Crippen LogP contribution in [-0.2, 0) is 4.79 Å². The number of likely N-dealkylation sites (tertiary alicyclic amines) is 1. The lowest BCUT2D eigenvalue weighted by molar-refractivity contribution is -0.122. The van der Waals surface area contributed by atoms with Crippen molar-refractivity contribution in [2.24, 2.45) is 23.7 Å². The average molecular weight is 517 g/mol. The number of hydrogen-bond donors (Lipinski definition) is 5. The summed E-state index contributed by atoms with van der Waals surface area (Å²) in [4.78, 5) is 15.9. The molecule has 0 radical (unpaired) electrons. The molecule has 5 atom stereocenters. The second-order valence-electron chi connectivity index (χ2n) is 11.6. The van der Waals surface area contributed by atoms with Gasteiger partial charge in [-0.05, 0) is 68.1 Å². The molecule has 4 heterocycles. The zero-order valence-electron chi connectivity index (χ0n) is 22.8. The molecule has 5 aliphatic rings. The zero-order valence-corrected chi connectivity index (χ0v) is 22.8. The molecule has 0 saturated carbocycles. The predicted molar refractivity (Wildman–Crippen MR) is 154 cm³/mol. The Bertz CT molecular complexity index is 1060. The van der Waals surface area contributed by atoms with Crippen molar-refractivity contribution in [3.63, 3.8) is 0 Å². The van der Waals surface area contributed by atoms with Gasteiger partial charge in [-0.15, -0.1) is 0 Å². The molecule has 7 heteroatoms. The number of hydrogen-bond acceptors (Lipinski definition) is 6. The standard InChI is InChI=1S/C31H44N6O/c1-4-5-8-27-24(10-13-32-27)16-22-17-29(26-19-33-36-30(26)18-22)35-31(38)28-9-6-7-25(34-28)20-37-14-11-23(12-15-37)21(2)3/h4-10,13,17-18,21,23-24,26-29,32-34,36H,1,11-12,14-16,19-20H2,2-3H3,(H,35,38)/b8-5-/t24?,26?,27?,28-,29?/m1/s1.